The van der Waals surface area contributed by atoms with Gasteiger partial charge in [0.25, 0.3) is 5.91 Å². The van der Waals surface area contributed by atoms with E-state index in [9.17, 15) is 4.79 Å². The number of carbonyl (C=O) groups excluding carboxylic acids is 1. The summed E-state index contributed by atoms with van der Waals surface area (Å²) in [5, 5.41) is 5.21. The lowest BCUT2D eigenvalue weighted by Crippen LogP contribution is -2.17. The highest BCUT2D eigenvalue weighted by atomic mass is 79.9. The summed E-state index contributed by atoms with van der Waals surface area (Å²) in [4.78, 5) is 12.1. The van der Waals surface area contributed by atoms with E-state index < -0.39 is 0 Å². The first-order valence-electron chi connectivity index (χ1n) is 7.36. The zero-order valence-electron chi connectivity index (χ0n) is 12.7. The van der Waals surface area contributed by atoms with Gasteiger partial charge in [0, 0.05) is 39.2 Å². The molecule has 1 aromatic heterocycles. The van der Waals surface area contributed by atoms with Crippen LogP contribution >= 0.6 is 15.9 Å². The van der Waals surface area contributed by atoms with Crippen molar-refractivity contribution in [1.29, 1.82) is 0 Å². The number of para-hydroxylation sites is 1. The third-order valence-electron chi connectivity index (χ3n) is 3.62. The van der Waals surface area contributed by atoms with Crippen molar-refractivity contribution < 1.29 is 4.79 Å². The van der Waals surface area contributed by atoms with Crippen LogP contribution < -0.4 is 5.43 Å². The summed E-state index contributed by atoms with van der Waals surface area (Å²) in [6, 6.07) is 15.4. The molecule has 2 aromatic carbocycles. The number of hydrogen-bond acceptors (Lipinski definition) is 2. The van der Waals surface area contributed by atoms with Crippen LogP contribution in [0.5, 0.6) is 0 Å². The number of fused-ring (bicyclic) bond motifs is 1. The molecule has 1 N–H and O–H groups in total. The Morgan fingerprint density at radius 1 is 1.26 bits per heavy atom. The molecule has 1 heterocycles. The minimum Gasteiger partial charge on any atom is -0.347 e. The molecule has 4 nitrogen and oxygen atoms in total. The zero-order chi connectivity index (χ0) is 16.2. The number of nitrogens with one attached hydrogen (secondary N) is 1. The standard InChI is InChI=1S/C18H16BrN3O/c1-2-22-12-14(16-8-3-4-9-17(16)22)11-20-21-18(23)13-6-5-7-15(19)10-13/h3-12H,2H2,1H3,(H,21,23)/b20-11+. The summed E-state index contributed by atoms with van der Waals surface area (Å²) in [7, 11) is 0. The Morgan fingerprint density at radius 3 is 2.87 bits per heavy atom. The molecule has 3 aromatic rings. The van der Waals surface area contributed by atoms with Gasteiger partial charge >= 0.3 is 0 Å². The number of aryl methyl sites for hydroxylation is 1. The molecule has 0 bridgehead atoms. The number of amides is 1. The maximum absolute atomic E-state index is 12.1. The smallest absolute Gasteiger partial charge is 0.271 e. The minimum atomic E-state index is -0.234. The molecule has 0 spiro atoms. The Labute approximate surface area is 142 Å². The highest BCUT2D eigenvalue weighted by Crippen LogP contribution is 2.19. The van der Waals surface area contributed by atoms with Crippen LogP contribution in [0, 0.1) is 0 Å². The van der Waals surface area contributed by atoms with Crippen molar-refractivity contribution >= 4 is 39.0 Å². The van der Waals surface area contributed by atoms with Crippen molar-refractivity contribution in [2.75, 3.05) is 0 Å². The van der Waals surface area contributed by atoms with Gasteiger partial charge in [-0.05, 0) is 31.2 Å². The number of hydrazone groups is 1. The highest BCUT2D eigenvalue weighted by molar-refractivity contribution is 9.10. The molecule has 23 heavy (non-hydrogen) atoms. The Bertz CT molecular complexity index is 883. The molecule has 0 aliphatic heterocycles. The lowest BCUT2D eigenvalue weighted by Gasteiger charge is -1.99. The number of rotatable bonds is 4. The zero-order valence-corrected chi connectivity index (χ0v) is 14.2. The summed E-state index contributed by atoms with van der Waals surface area (Å²) in [6.45, 7) is 2.99. The second kappa shape index (κ2) is 6.79. The number of aromatic nitrogens is 1. The molecule has 0 unspecified atom stereocenters. The second-order valence-electron chi connectivity index (χ2n) is 5.10. The van der Waals surface area contributed by atoms with E-state index >= 15 is 0 Å². The average Bonchev–Trinajstić information content (AvgIpc) is 2.93. The van der Waals surface area contributed by atoms with E-state index in [4.69, 9.17) is 0 Å². The fourth-order valence-electron chi connectivity index (χ4n) is 2.49. The summed E-state index contributed by atoms with van der Waals surface area (Å²) < 4.78 is 3.02. The maximum Gasteiger partial charge on any atom is 0.271 e. The van der Waals surface area contributed by atoms with Crippen molar-refractivity contribution in [3.8, 4) is 0 Å². The molecule has 5 heteroatoms. The van der Waals surface area contributed by atoms with Crippen LogP contribution in [-0.2, 0) is 6.54 Å². The molecule has 116 valence electrons. The van der Waals surface area contributed by atoms with E-state index in [2.05, 4.69) is 50.1 Å². The van der Waals surface area contributed by atoms with Gasteiger partial charge in [0.1, 0.15) is 0 Å². The summed E-state index contributed by atoms with van der Waals surface area (Å²) >= 11 is 3.35. The average molecular weight is 370 g/mol. The summed E-state index contributed by atoms with van der Waals surface area (Å²) in [5.74, 6) is -0.234. The molecule has 0 saturated carbocycles. The van der Waals surface area contributed by atoms with E-state index in [1.54, 1.807) is 18.3 Å². The van der Waals surface area contributed by atoms with Crippen molar-refractivity contribution in [3.05, 3.63) is 70.3 Å². The van der Waals surface area contributed by atoms with Crippen LogP contribution in [0.1, 0.15) is 22.8 Å². The van der Waals surface area contributed by atoms with E-state index in [-0.39, 0.29) is 5.91 Å². The molecule has 3 rings (SSSR count). The van der Waals surface area contributed by atoms with Crippen molar-refractivity contribution in [1.82, 2.24) is 9.99 Å². The normalized spacial score (nSPS) is 11.2. The van der Waals surface area contributed by atoms with Crippen LogP contribution in [0.15, 0.2) is 64.3 Å². The number of nitrogens with zero attached hydrogens (tertiary/aromatic N) is 2. The van der Waals surface area contributed by atoms with Gasteiger partial charge in [-0.15, -0.1) is 0 Å². The van der Waals surface area contributed by atoms with E-state index in [1.807, 2.05) is 30.5 Å². The Hall–Kier alpha value is -2.40. The first-order valence-corrected chi connectivity index (χ1v) is 8.15. The van der Waals surface area contributed by atoms with Crippen molar-refractivity contribution in [3.63, 3.8) is 0 Å². The first-order chi connectivity index (χ1) is 11.2. The lowest BCUT2D eigenvalue weighted by molar-refractivity contribution is 0.0955. The largest absolute Gasteiger partial charge is 0.347 e. The van der Waals surface area contributed by atoms with Gasteiger partial charge in [-0.25, -0.2) is 5.43 Å². The van der Waals surface area contributed by atoms with Crippen molar-refractivity contribution in [2.45, 2.75) is 13.5 Å². The summed E-state index contributed by atoms with van der Waals surface area (Å²) in [5.41, 5.74) is 5.27. The number of hydrogen-bond donors (Lipinski definition) is 1. The predicted molar refractivity (Wildman–Crippen MR) is 96.8 cm³/mol. The molecule has 0 saturated heterocycles. The third-order valence-corrected chi connectivity index (χ3v) is 4.11. The van der Waals surface area contributed by atoms with Gasteiger partial charge in [-0.2, -0.15) is 5.10 Å². The van der Waals surface area contributed by atoms with Gasteiger partial charge < -0.3 is 4.57 Å². The molecular weight excluding hydrogens is 354 g/mol. The number of carbonyl (C=O) groups is 1. The van der Waals surface area contributed by atoms with Crippen molar-refractivity contribution in [2.24, 2.45) is 5.10 Å². The SMILES string of the molecule is CCn1cc(/C=N/NC(=O)c2cccc(Br)c2)c2ccccc21. The fourth-order valence-corrected chi connectivity index (χ4v) is 2.89. The molecular formula is C18H16BrN3O. The van der Waals surface area contributed by atoms with Crippen LogP contribution in [0.2, 0.25) is 0 Å². The van der Waals surface area contributed by atoms with Crippen LogP contribution in [0.3, 0.4) is 0 Å². The first kappa shape index (κ1) is 15.5. The number of halogens is 1. The number of benzene rings is 2. The highest BCUT2D eigenvalue weighted by Gasteiger charge is 2.06. The molecule has 0 fully saturated rings. The molecule has 0 aliphatic rings. The second-order valence-corrected chi connectivity index (χ2v) is 6.01. The summed E-state index contributed by atoms with van der Waals surface area (Å²) in [6.07, 6.45) is 3.73. The topological polar surface area (TPSA) is 46.4 Å². The van der Waals surface area contributed by atoms with Crippen LogP contribution in [-0.4, -0.2) is 16.7 Å². The minimum absolute atomic E-state index is 0.234. The van der Waals surface area contributed by atoms with Gasteiger partial charge in [0.05, 0.1) is 6.21 Å². The monoisotopic (exact) mass is 369 g/mol. The predicted octanol–water partition coefficient (Wildman–Crippen LogP) is 4.19. The fraction of sp³-hybridized carbons (Fsp3) is 0.111. The molecule has 0 radical (unpaired) electrons. The Morgan fingerprint density at radius 2 is 2.09 bits per heavy atom. The van der Waals surface area contributed by atoms with Gasteiger partial charge in [-0.3, -0.25) is 4.79 Å². The van der Waals surface area contributed by atoms with Crippen LogP contribution in [0.25, 0.3) is 10.9 Å². The third kappa shape index (κ3) is 3.35. The Balaban J connectivity index is 1.80. The van der Waals surface area contributed by atoms with Gasteiger partial charge in [-0.1, -0.05) is 40.2 Å². The van der Waals surface area contributed by atoms with E-state index in [0.717, 1.165) is 27.5 Å². The van der Waals surface area contributed by atoms with Gasteiger partial charge in [0.2, 0.25) is 0 Å². The molecule has 1 amide bonds. The van der Waals surface area contributed by atoms with Crippen LogP contribution in [0.4, 0.5) is 0 Å². The molecule has 0 atom stereocenters. The molecule has 0 aliphatic carbocycles. The van der Waals surface area contributed by atoms with E-state index in [0.29, 0.717) is 5.56 Å². The quantitative estimate of drug-likeness (QED) is 0.543. The lowest BCUT2D eigenvalue weighted by atomic mass is 10.2. The van der Waals surface area contributed by atoms with Gasteiger partial charge in [0.15, 0.2) is 0 Å². The maximum atomic E-state index is 12.1. The Kier molecular flexibility index (Phi) is 4.57. The van der Waals surface area contributed by atoms with E-state index in [1.165, 1.54) is 0 Å².